The number of benzene rings is 4. The molecule has 1 unspecified atom stereocenters. The first kappa shape index (κ1) is 30.5. The standard InChI is InChI=1S/C34H29F3N2O5/c35-34(36,37)30-14-8-7-13-28(30)31-17-25-15-16-26(18-29(25)32(40)38-31)39(33(41)42)19-27(44-21-24-11-5-2-6-12-24)22-43-20-23-9-3-1-4-10-23/h1-18,27H,19-22H2,(H,38,40)(H,41,42). The Hall–Kier alpha value is -4.93. The summed E-state index contributed by atoms with van der Waals surface area (Å²) >= 11 is 0. The average molecular weight is 603 g/mol. The zero-order valence-electron chi connectivity index (χ0n) is 23.5. The molecule has 0 bridgehead atoms. The maximum absolute atomic E-state index is 13.6. The lowest BCUT2D eigenvalue weighted by Crippen LogP contribution is -2.40. The highest BCUT2D eigenvalue weighted by Crippen LogP contribution is 2.36. The van der Waals surface area contributed by atoms with Crippen molar-refractivity contribution in [3.05, 3.63) is 136 Å². The van der Waals surface area contributed by atoms with Crippen molar-refractivity contribution >= 4 is 22.6 Å². The SMILES string of the molecule is O=C(O)N(CC(COCc1ccccc1)OCc1ccccc1)c1ccc2cc(-c3ccccc3C(F)(F)F)[nH]c(=O)c2c1. The number of carboxylic acid groups (broad SMARTS) is 1. The number of anilines is 1. The van der Waals surface area contributed by atoms with E-state index < -0.39 is 29.5 Å². The van der Waals surface area contributed by atoms with Gasteiger partial charge in [0.25, 0.3) is 5.56 Å². The van der Waals surface area contributed by atoms with Crippen LogP contribution in [0.5, 0.6) is 0 Å². The number of ether oxygens (including phenoxy) is 2. The molecule has 0 saturated carbocycles. The molecule has 0 saturated heterocycles. The Kier molecular flexibility index (Phi) is 9.42. The molecule has 5 rings (SSSR count). The topological polar surface area (TPSA) is 91.9 Å². The number of rotatable bonds is 11. The number of pyridine rings is 1. The molecule has 0 radical (unpaired) electrons. The number of amides is 1. The van der Waals surface area contributed by atoms with Crippen molar-refractivity contribution < 1.29 is 32.5 Å². The zero-order chi connectivity index (χ0) is 31.1. The summed E-state index contributed by atoms with van der Waals surface area (Å²) in [5, 5.41) is 10.6. The highest BCUT2D eigenvalue weighted by atomic mass is 19.4. The van der Waals surface area contributed by atoms with Gasteiger partial charge in [-0.1, -0.05) is 84.9 Å². The first-order valence-corrected chi connectivity index (χ1v) is 13.8. The van der Waals surface area contributed by atoms with Gasteiger partial charge in [-0.25, -0.2) is 4.79 Å². The minimum Gasteiger partial charge on any atom is -0.465 e. The number of nitrogens with zero attached hydrogens (tertiary/aromatic N) is 1. The van der Waals surface area contributed by atoms with E-state index in [1.807, 2.05) is 60.7 Å². The Labute approximate surface area is 251 Å². The van der Waals surface area contributed by atoms with Crippen molar-refractivity contribution in [2.24, 2.45) is 0 Å². The molecule has 1 heterocycles. The Morgan fingerprint density at radius 3 is 2.14 bits per heavy atom. The van der Waals surface area contributed by atoms with E-state index in [4.69, 9.17) is 9.47 Å². The fraction of sp³-hybridized carbons (Fsp3) is 0.176. The number of H-pyrrole nitrogens is 1. The van der Waals surface area contributed by atoms with Crippen LogP contribution < -0.4 is 10.5 Å². The Morgan fingerprint density at radius 1 is 0.841 bits per heavy atom. The maximum atomic E-state index is 13.6. The molecule has 0 aliphatic carbocycles. The van der Waals surface area contributed by atoms with Crippen molar-refractivity contribution in [3.63, 3.8) is 0 Å². The molecule has 0 fully saturated rings. The minimum atomic E-state index is -4.61. The van der Waals surface area contributed by atoms with E-state index in [0.29, 0.717) is 12.0 Å². The number of halogens is 3. The van der Waals surface area contributed by atoms with Crippen LogP contribution in [0.15, 0.2) is 114 Å². The molecule has 44 heavy (non-hydrogen) atoms. The Balaban J connectivity index is 1.40. The monoisotopic (exact) mass is 602 g/mol. The molecular weight excluding hydrogens is 573 g/mol. The molecular formula is C34H29F3N2O5. The lowest BCUT2D eigenvalue weighted by molar-refractivity contribution is -0.137. The summed E-state index contributed by atoms with van der Waals surface area (Å²) in [5.74, 6) is 0. The van der Waals surface area contributed by atoms with Crippen LogP contribution in [0.2, 0.25) is 0 Å². The van der Waals surface area contributed by atoms with Crippen LogP contribution in [-0.4, -0.2) is 35.4 Å². The van der Waals surface area contributed by atoms with E-state index in [1.165, 1.54) is 42.5 Å². The fourth-order valence-corrected chi connectivity index (χ4v) is 4.85. The van der Waals surface area contributed by atoms with Crippen molar-refractivity contribution in [3.8, 4) is 11.3 Å². The van der Waals surface area contributed by atoms with Crippen molar-refractivity contribution in [1.82, 2.24) is 4.98 Å². The third-order valence-corrected chi connectivity index (χ3v) is 7.02. The molecule has 1 amide bonds. The smallest absolute Gasteiger partial charge is 0.417 e. The Morgan fingerprint density at radius 2 is 1.48 bits per heavy atom. The second-order valence-electron chi connectivity index (χ2n) is 10.1. The van der Waals surface area contributed by atoms with Gasteiger partial charge in [0, 0.05) is 22.3 Å². The highest BCUT2D eigenvalue weighted by molar-refractivity contribution is 5.93. The minimum absolute atomic E-state index is 0.00297. The summed E-state index contributed by atoms with van der Waals surface area (Å²) < 4.78 is 52.8. The molecule has 7 nitrogen and oxygen atoms in total. The predicted molar refractivity (Wildman–Crippen MR) is 161 cm³/mol. The van der Waals surface area contributed by atoms with Gasteiger partial charge < -0.3 is 19.6 Å². The van der Waals surface area contributed by atoms with Gasteiger partial charge in [-0.2, -0.15) is 13.2 Å². The largest absolute Gasteiger partial charge is 0.465 e. The first-order valence-electron chi connectivity index (χ1n) is 13.8. The maximum Gasteiger partial charge on any atom is 0.417 e. The van der Waals surface area contributed by atoms with Gasteiger partial charge in [0.1, 0.15) is 0 Å². The van der Waals surface area contributed by atoms with Crippen LogP contribution in [0.3, 0.4) is 0 Å². The second kappa shape index (κ2) is 13.6. The number of hydrogen-bond acceptors (Lipinski definition) is 4. The third kappa shape index (κ3) is 7.52. The van der Waals surface area contributed by atoms with Crippen LogP contribution in [-0.2, 0) is 28.9 Å². The summed E-state index contributed by atoms with van der Waals surface area (Å²) in [6.45, 7) is 0.538. The van der Waals surface area contributed by atoms with E-state index in [-0.39, 0.29) is 42.1 Å². The van der Waals surface area contributed by atoms with Gasteiger partial charge in [-0.05, 0) is 40.8 Å². The van der Waals surface area contributed by atoms with Gasteiger partial charge in [-0.15, -0.1) is 0 Å². The summed E-state index contributed by atoms with van der Waals surface area (Å²) in [6, 6.07) is 29.8. The van der Waals surface area contributed by atoms with Gasteiger partial charge in [-0.3, -0.25) is 9.69 Å². The van der Waals surface area contributed by atoms with Crippen LogP contribution in [0.4, 0.5) is 23.7 Å². The summed E-state index contributed by atoms with van der Waals surface area (Å²) in [5.41, 5.74) is 0.380. The number of carbonyl (C=O) groups is 1. The summed E-state index contributed by atoms with van der Waals surface area (Å²) in [7, 11) is 0. The number of fused-ring (bicyclic) bond motifs is 1. The first-order chi connectivity index (χ1) is 21.2. The van der Waals surface area contributed by atoms with Gasteiger partial charge in [0.15, 0.2) is 0 Å². The van der Waals surface area contributed by atoms with Crippen LogP contribution in [0.1, 0.15) is 16.7 Å². The molecule has 4 aromatic carbocycles. The number of aromatic nitrogens is 1. The molecule has 0 aliphatic heterocycles. The molecule has 0 aliphatic rings. The van der Waals surface area contributed by atoms with Crippen LogP contribution in [0, 0.1) is 0 Å². The predicted octanol–water partition coefficient (Wildman–Crippen LogP) is 7.50. The Bertz CT molecular complexity index is 1780. The van der Waals surface area contributed by atoms with E-state index in [1.54, 1.807) is 0 Å². The number of alkyl halides is 3. The second-order valence-corrected chi connectivity index (χ2v) is 10.1. The van der Waals surface area contributed by atoms with Crippen LogP contribution in [0.25, 0.3) is 22.0 Å². The van der Waals surface area contributed by atoms with E-state index >= 15 is 0 Å². The van der Waals surface area contributed by atoms with E-state index in [0.717, 1.165) is 22.1 Å². The molecule has 0 spiro atoms. The number of nitrogens with one attached hydrogen (secondary N) is 1. The van der Waals surface area contributed by atoms with Crippen molar-refractivity contribution in [2.75, 3.05) is 18.1 Å². The normalized spacial score (nSPS) is 12.2. The lowest BCUT2D eigenvalue weighted by Gasteiger charge is -2.26. The van der Waals surface area contributed by atoms with E-state index in [9.17, 15) is 27.9 Å². The van der Waals surface area contributed by atoms with Crippen LogP contribution >= 0.6 is 0 Å². The van der Waals surface area contributed by atoms with Gasteiger partial charge >= 0.3 is 12.3 Å². The zero-order valence-corrected chi connectivity index (χ0v) is 23.5. The van der Waals surface area contributed by atoms with Crippen molar-refractivity contribution in [2.45, 2.75) is 25.5 Å². The lowest BCUT2D eigenvalue weighted by atomic mass is 10.0. The molecule has 10 heteroatoms. The number of hydrogen-bond donors (Lipinski definition) is 2. The fourth-order valence-electron chi connectivity index (χ4n) is 4.85. The highest BCUT2D eigenvalue weighted by Gasteiger charge is 2.33. The molecule has 1 atom stereocenters. The van der Waals surface area contributed by atoms with Crippen molar-refractivity contribution in [1.29, 1.82) is 0 Å². The molecule has 5 aromatic rings. The summed E-state index contributed by atoms with van der Waals surface area (Å²) in [4.78, 5) is 29.1. The van der Waals surface area contributed by atoms with Gasteiger partial charge in [0.05, 0.1) is 38.0 Å². The number of aromatic amines is 1. The third-order valence-electron chi connectivity index (χ3n) is 7.02. The molecule has 2 N–H and O–H groups in total. The molecule has 226 valence electrons. The molecule has 1 aromatic heterocycles. The van der Waals surface area contributed by atoms with Gasteiger partial charge in [0.2, 0.25) is 0 Å². The summed E-state index contributed by atoms with van der Waals surface area (Å²) in [6.07, 6.45) is -6.55. The van der Waals surface area contributed by atoms with E-state index in [2.05, 4.69) is 4.98 Å². The average Bonchev–Trinajstić information content (AvgIpc) is 3.02. The quantitative estimate of drug-likeness (QED) is 0.163.